The van der Waals surface area contributed by atoms with Gasteiger partial charge in [-0.3, -0.25) is 4.79 Å². The van der Waals surface area contributed by atoms with E-state index in [4.69, 9.17) is 11.6 Å². The molecule has 1 N–H and O–H groups in total. The van der Waals surface area contributed by atoms with E-state index in [1.165, 1.54) is 5.57 Å². The molecule has 0 aliphatic heterocycles. The molecule has 90 valence electrons. The number of carboxylic acids is 1. The molecule has 0 bridgehead atoms. The van der Waals surface area contributed by atoms with Gasteiger partial charge in [-0.05, 0) is 31.4 Å². The Kier molecular flexibility index (Phi) is 3.53. The second-order valence-electron chi connectivity index (χ2n) is 4.56. The van der Waals surface area contributed by atoms with E-state index in [0.29, 0.717) is 11.4 Å². The van der Waals surface area contributed by atoms with Crippen LogP contribution in [-0.4, -0.2) is 11.1 Å². The van der Waals surface area contributed by atoms with Gasteiger partial charge in [0.25, 0.3) is 0 Å². The van der Waals surface area contributed by atoms with Crippen LogP contribution in [0, 0.1) is 5.92 Å². The lowest BCUT2D eigenvalue weighted by Gasteiger charge is -2.28. The predicted molar refractivity (Wildman–Crippen MR) is 68.3 cm³/mol. The number of carboxylic acid groups (broad SMARTS) is 1. The smallest absolute Gasteiger partial charge is 0.307 e. The molecule has 2 unspecified atom stereocenters. The first kappa shape index (κ1) is 12.2. The number of allylic oxidation sites excluding steroid dienone is 2. The van der Waals surface area contributed by atoms with Gasteiger partial charge >= 0.3 is 5.97 Å². The Morgan fingerprint density at radius 2 is 2.12 bits per heavy atom. The summed E-state index contributed by atoms with van der Waals surface area (Å²) < 4.78 is 0. The zero-order valence-corrected chi connectivity index (χ0v) is 10.4. The molecule has 1 aromatic carbocycles. The third-order valence-corrected chi connectivity index (χ3v) is 3.71. The second-order valence-corrected chi connectivity index (χ2v) is 4.97. The molecular weight excluding hydrogens is 236 g/mol. The standard InChI is InChI=1S/C14H15ClO2/c1-9-6-7-11(14(16)17)12(8-9)10-4-2-3-5-13(10)15/h2-6,11-12H,7-8H2,1H3,(H,16,17). The van der Waals surface area contributed by atoms with Crippen LogP contribution in [-0.2, 0) is 4.79 Å². The van der Waals surface area contributed by atoms with Gasteiger partial charge in [-0.1, -0.05) is 41.4 Å². The van der Waals surface area contributed by atoms with Crippen molar-refractivity contribution in [3.8, 4) is 0 Å². The fraction of sp³-hybridized carbons (Fsp3) is 0.357. The zero-order valence-electron chi connectivity index (χ0n) is 9.69. The van der Waals surface area contributed by atoms with Gasteiger partial charge in [0.2, 0.25) is 0 Å². The molecule has 0 spiro atoms. The van der Waals surface area contributed by atoms with Crippen molar-refractivity contribution < 1.29 is 9.90 Å². The number of halogens is 1. The van der Waals surface area contributed by atoms with Crippen LogP contribution in [0.25, 0.3) is 0 Å². The van der Waals surface area contributed by atoms with Gasteiger partial charge in [0.05, 0.1) is 5.92 Å². The van der Waals surface area contributed by atoms with Crippen LogP contribution in [0.1, 0.15) is 31.2 Å². The lowest BCUT2D eigenvalue weighted by atomic mass is 9.76. The molecule has 1 aliphatic carbocycles. The van der Waals surface area contributed by atoms with E-state index < -0.39 is 5.97 Å². The summed E-state index contributed by atoms with van der Waals surface area (Å²) in [4.78, 5) is 11.3. The van der Waals surface area contributed by atoms with Gasteiger partial charge in [0, 0.05) is 10.9 Å². The van der Waals surface area contributed by atoms with E-state index in [0.717, 1.165) is 12.0 Å². The maximum atomic E-state index is 11.3. The van der Waals surface area contributed by atoms with E-state index in [1.807, 2.05) is 37.3 Å². The molecule has 0 heterocycles. The Morgan fingerprint density at radius 1 is 1.41 bits per heavy atom. The minimum Gasteiger partial charge on any atom is -0.481 e. The molecule has 3 heteroatoms. The van der Waals surface area contributed by atoms with Crippen LogP contribution >= 0.6 is 11.6 Å². The van der Waals surface area contributed by atoms with Crippen LogP contribution in [0.15, 0.2) is 35.9 Å². The Labute approximate surface area is 106 Å². The number of aliphatic carboxylic acids is 1. The molecule has 2 atom stereocenters. The van der Waals surface area contributed by atoms with Crippen molar-refractivity contribution in [1.82, 2.24) is 0 Å². The van der Waals surface area contributed by atoms with E-state index in [9.17, 15) is 9.90 Å². The average Bonchev–Trinajstić information content (AvgIpc) is 2.29. The first-order valence-corrected chi connectivity index (χ1v) is 6.10. The number of hydrogen-bond acceptors (Lipinski definition) is 1. The normalized spacial score (nSPS) is 24.2. The van der Waals surface area contributed by atoms with Gasteiger partial charge < -0.3 is 5.11 Å². The van der Waals surface area contributed by atoms with Crippen LogP contribution in [0.3, 0.4) is 0 Å². The van der Waals surface area contributed by atoms with E-state index in [2.05, 4.69) is 0 Å². The van der Waals surface area contributed by atoms with Crippen molar-refractivity contribution in [2.45, 2.75) is 25.7 Å². The van der Waals surface area contributed by atoms with Crippen molar-refractivity contribution >= 4 is 17.6 Å². The van der Waals surface area contributed by atoms with Crippen LogP contribution < -0.4 is 0 Å². The Bertz CT molecular complexity index is 465. The summed E-state index contributed by atoms with van der Waals surface area (Å²) in [5.41, 5.74) is 2.20. The van der Waals surface area contributed by atoms with Crippen molar-refractivity contribution in [2.75, 3.05) is 0 Å². The van der Waals surface area contributed by atoms with Gasteiger partial charge in [0.15, 0.2) is 0 Å². The Morgan fingerprint density at radius 3 is 2.76 bits per heavy atom. The average molecular weight is 251 g/mol. The highest BCUT2D eigenvalue weighted by molar-refractivity contribution is 6.31. The van der Waals surface area contributed by atoms with Crippen molar-refractivity contribution in [3.05, 3.63) is 46.5 Å². The number of rotatable bonds is 2. The molecular formula is C14H15ClO2. The highest BCUT2D eigenvalue weighted by Gasteiger charge is 2.32. The van der Waals surface area contributed by atoms with Crippen LogP contribution in [0.4, 0.5) is 0 Å². The molecule has 17 heavy (non-hydrogen) atoms. The summed E-state index contributed by atoms with van der Waals surface area (Å²) in [5, 5.41) is 9.94. The minimum atomic E-state index is -0.737. The topological polar surface area (TPSA) is 37.3 Å². The van der Waals surface area contributed by atoms with Crippen molar-refractivity contribution in [3.63, 3.8) is 0 Å². The minimum absolute atomic E-state index is 0.00815. The molecule has 0 saturated heterocycles. The van der Waals surface area contributed by atoms with Gasteiger partial charge in [-0.25, -0.2) is 0 Å². The SMILES string of the molecule is CC1=CCC(C(=O)O)C(c2ccccc2Cl)C1. The number of carbonyl (C=O) groups is 1. The molecule has 0 saturated carbocycles. The molecule has 1 aromatic rings. The summed E-state index contributed by atoms with van der Waals surface area (Å²) in [6, 6.07) is 7.53. The Balaban J connectivity index is 2.38. The maximum absolute atomic E-state index is 11.3. The molecule has 0 aromatic heterocycles. The van der Waals surface area contributed by atoms with Crippen molar-refractivity contribution in [2.24, 2.45) is 5.92 Å². The quantitative estimate of drug-likeness (QED) is 0.809. The number of hydrogen-bond donors (Lipinski definition) is 1. The lowest BCUT2D eigenvalue weighted by Crippen LogP contribution is -2.24. The Hall–Kier alpha value is -1.28. The molecule has 0 amide bonds. The zero-order chi connectivity index (χ0) is 12.4. The van der Waals surface area contributed by atoms with E-state index in [1.54, 1.807) is 0 Å². The summed E-state index contributed by atoms with van der Waals surface area (Å²) >= 11 is 6.16. The molecule has 0 radical (unpaired) electrons. The molecule has 2 nitrogen and oxygen atoms in total. The van der Waals surface area contributed by atoms with E-state index >= 15 is 0 Å². The van der Waals surface area contributed by atoms with Gasteiger partial charge in [-0.15, -0.1) is 0 Å². The first-order chi connectivity index (χ1) is 8.09. The van der Waals surface area contributed by atoms with Gasteiger partial charge in [-0.2, -0.15) is 0 Å². The summed E-state index contributed by atoms with van der Waals surface area (Å²) in [5.74, 6) is -1.11. The third kappa shape index (κ3) is 2.52. The molecule has 0 fully saturated rings. The van der Waals surface area contributed by atoms with Crippen LogP contribution in [0.5, 0.6) is 0 Å². The summed E-state index contributed by atoms with van der Waals surface area (Å²) in [7, 11) is 0. The number of benzene rings is 1. The predicted octanol–water partition coefficient (Wildman–Crippen LogP) is 3.86. The first-order valence-electron chi connectivity index (χ1n) is 5.72. The lowest BCUT2D eigenvalue weighted by molar-refractivity contribution is -0.142. The molecule has 1 aliphatic rings. The fourth-order valence-electron chi connectivity index (χ4n) is 2.44. The van der Waals surface area contributed by atoms with E-state index in [-0.39, 0.29) is 11.8 Å². The summed E-state index contributed by atoms with van der Waals surface area (Å²) in [6.45, 7) is 2.04. The third-order valence-electron chi connectivity index (χ3n) is 3.37. The van der Waals surface area contributed by atoms with Crippen LogP contribution in [0.2, 0.25) is 5.02 Å². The second kappa shape index (κ2) is 4.92. The monoisotopic (exact) mass is 250 g/mol. The highest BCUT2D eigenvalue weighted by atomic mass is 35.5. The van der Waals surface area contributed by atoms with Crippen molar-refractivity contribution in [1.29, 1.82) is 0 Å². The summed E-state index contributed by atoms with van der Waals surface area (Å²) in [6.07, 6.45) is 3.39. The fourth-order valence-corrected chi connectivity index (χ4v) is 2.72. The largest absolute Gasteiger partial charge is 0.481 e. The highest BCUT2D eigenvalue weighted by Crippen LogP contribution is 2.40. The maximum Gasteiger partial charge on any atom is 0.307 e. The molecule has 2 rings (SSSR count). The van der Waals surface area contributed by atoms with Gasteiger partial charge in [0.1, 0.15) is 0 Å².